The van der Waals surface area contributed by atoms with Crippen LogP contribution in [0.15, 0.2) is 134 Å². The van der Waals surface area contributed by atoms with Crippen LogP contribution in [0.5, 0.6) is 0 Å². The fraction of sp³-hybridized carbons (Fsp3) is 0.293. The van der Waals surface area contributed by atoms with Gasteiger partial charge in [-0.1, -0.05) is 133 Å². The van der Waals surface area contributed by atoms with Gasteiger partial charge in [0.05, 0.1) is 39.4 Å². The first-order valence-corrected chi connectivity index (χ1v) is 17.6. The SMILES string of the molecule is C[C@@]1(F)[C@H](OCc2ccccc2)[C@@H](OCc2ccccc2)[C@H](OCc2ccccc2)[C@@H](COCc2ccccc2)O[C@H]1n1cnc2c(Cl)ncnc21. The van der Waals surface area contributed by atoms with Gasteiger partial charge in [0.15, 0.2) is 22.7 Å². The van der Waals surface area contributed by atoms with Gasteiger partial charge in [0.1, 0.15) is 36.3 Å². The van der Waals surface area contributed by atoms with Crippen molar-refractivity contribution >= 4 is 22.8 Å². The number of nitrogens with zero attached hydrogens (tertiary/aromatic N) is 4. The molecule has 1 aliphatic rings. The van der Waals surface area contributed by atoms with Gasteiger partial charge in [0.2, 0.25) is 0 Å². The Morgan fingerprint density at radius 2 is 1.17 bits per heavy atom. The Morgan fingerprint density at radius 3 is 1.73 bits per heavy atom. The summed E-state index contributed by atoms with van der Waals surface area (Å²) in [6.07, 6.45) is -2.41. The molecule has 52 heavy (non-hydrogen) atoms. The second-order valence-electron chi connectivity index (χ2n) is 12.9. The van der Waals surface area contributed by atoms with Crippen LogP contribution < -0.4 is 0 Å². The smallest absolute Gasteiger partial charge is 0.181 e. The molecule has 1 saturated heterocycles. The van der Waals surface area contributed by atoms with E-state index in [0.717, 1.165) is 22.3 Å². The van der Waals surface area contributed by atoms with Gasteiger partial charge in [0.25, 0.3) is 0 Å². The number of hydrogen-bond donors (Lipinski definition) is 0. The highest BCUT2D eigenvalue weighted by Gasteiger charge is 2.57. The highest BCUT2D eigenvalue weighted by molar-refractivity contribution is 6.33. The monoisotopic (exact) mass is 722 g/mol. The molecule has 2 aromatic heterocycles. The summed E-state index contributed by atoms with van der Waals surface area (Å²) < 4.78 is 53.2. The van der Waals surface area contributed by atoms with Crippen molar-refractivity contribution in [1.29, 1.82) is 0 Å². The zero-order valence-electron chi connectivity index (χ0n) is 28.7. The molecule has 0 N–H and O–H groups in total. The van der Waals surface area contributed by atoms with E-state index in [1.54, 1.807) is 4.57 Å². The summed E-state index contributed by atoms with van der Waals surface area (Å²) >= 11 is 6.41. The van der Waals surface area contributed by atoms with Gasteiger partial charge in [0, 0.05) is 0 Å². The number of ether oxygens (including phenoxy) is 5. The fourth-order valence-corrected chi connectivity index (χ4v) is 6.67. The van der Waals surface area contributed by atoms with E-state index in [0.29, 0.717) is 17.8 Å². The summed E-state index contributed by atoms with van der Waals surface area (Å²) in [6, 6.07) is 39.0. The Balaban J connectivity index is 1.32. The van der Waals surface area contributed by atoms with E-state index >= 15 is 4.39 Å². The molecule has 0 amide bonds. The number of imidazole rings is 1. The van der Waals surface area contributed by atoms with Crippen molar-refractivity contribution in [2.75, 3.05) is 6.61 Å². The van der Waals surface area contributed by atoms with Crippen molar-refractivity contribution in [3.63, 3.8) is 0 Å². The highest BCUT2D eigenvalue weighted by Crippen LogP contribution is 2.43. The quantitative estimate of drug-likeness (QED) is 0.104. The van der Waals surface area contributed by atoms with Crippen LogP contribution in [-0.4, -0.2) is 56.2 Å². The van der Waals surface area contributed by atoms with E-state index in [1.807, 2.05) is 121 Å². The minimum atomic E-state index is -2.25. The third-order valence-electron chi connectivity index (χ3n) is 9.13. The lowest BCUT2D eigenvalue weighted by Crippen LogP contribution is -2.54. The summed E-state index contributed by atoms with van der Waals surface area (Å²) in [4.78, 5) is 13.0. The Kier molecular flexibility index (Phi) is 11.6. The maximum absolute atomic E-state index is 18.3. The predicted octanol–water partition coefficient (Wildman–Crippen LogP) is 8.08. The largest absolute Gasteiger partial charge is 0.374 e. The van der Waals surface area contributed by atoms with Crippen LogP contribution in [0.1, 0.15) is 35.4 Å². The molecule has 1 aliphatic heterocycles. The molecule has 0 bridgehead atoms. The molecule has 3 heterocycles. The summed E-state index contributed by atoms with van der Waals surface area (Å²) in [7, 11) is 0. The number of rotatable bonds is 14. The topological polar surface area (TPSA) is 89.8 Å². The first-order chi connectivity index (χ1) is 25.5. The maximum Gasteiger partial charge on any atom is 0.181 e. The standard InChI is InChI=1S/C41H40ClFN4O5/c1-41(43)37(51-25-32-20-12-5-13-21-32)36(50-24-31-18-10-4-11-19-31)35(49-23-30-16-8-3-9-17-30)33(26-48-22-29-14-6-2-7-15-29)52-40(41)47-28-46-34-38(42)44-27-45-39(34)47/h2-21,27-28,33,35-37,40H,22-26H2,1H3/t33-,35-,36+,37-,40-,41-/m1/s1. The Hall–Kier alpha value is -4.55. The molecule has 268 valence electrons. The van der Waals surface area contributed by atoms with E-state index in [4.69, 9.17) is 35.3 Å². The minimum Gasteiger partial charge on any atom is -0.374 e. The van der Waals surface area contributed by atoms with Crippen molar-refractivity contribution in [2.45, 2.75) is 69.7 Å². The number of benzene rings is 4. The van der Waals surface area contributed by atoms with Crippen LogP contribution in [0.4, 0.5) is 4.39 Å². The van der Waals surface area contributed by atoms with Gasteiger partial charge in [-0.05, 0) is 29.2 Å². The molecule has 0 aliphatic carbocycles. The first kappa shape index (κ1) is 35.8. The normalized spacial score (nSPS) is 23.4. The molecule has 0 saturated carbocycles. The Labute approximate surface area is 307 Å². The van der Waals surface area contributed by atoms with E-state index in [2.05, 4.69) is 15.0 Å². The van der Waals surface area contributed by atoms with Gasteiger partial charge in [-0.15, -0.1) is 0 Å². The molecule has 11 heteroatoms. The van der Waals surface area contributed by atoms with Crippen LogP contribution in [0.25, 0.3) is 11.2 Å². The molecule has 1 fully saturated rings. The van der Waals surface area contributed by atoms with Crippen LogP contribution in [0.3, 0.4) is 0 Å². The third kappa shape index (κ3) is 8.39. The van der Waals surface area contributed by atoms with E-state index in [9.17, 15) is 0 Å². The second-order valence-corrected chi connectivity index (χ2v) is 13.3. The number of alkyl halides is 1. The number of hydrogen-bond acceptors (Lipinski definition) is 8. The minimum absolute atomic E-state index is 0.0555. The average Bonchev–Trinajstić information content (AvgIpc) is 3.58. The lowest BCUT2D eigenvalue weighted by molar-refractivity contribution is -0.189. The molecule has 6 aromatic rings. The molecule has 0 radical (unpaired) electrons. The molecule has 4 aromatic carbocycles. The third-order valence-corrected chi connectivity index (χ3v) is 9.41. The van der Waals surface area contributed by atoms with Gasteiger partial charge in [-0.2, -0.15) is 0 Å². The Morgan fingerprint density at radius 1 is 0.673 bits per heavy atom. The molecule has 0 spiro atoms. The van der Waals surface area contributed by atoms with E-state index < -0.39 is 36.3 Å². The van der Waals surface area contributed by atoms with Gasteiger partial charge >= 0.3 is 0 Å². The lowest BCUT2D eigenvalue weighted by atomic mass is 9.91. The lowest BCUT2D eigenvalue weighted by Gasteiger charge is -2.38. The second kappa shape index (κ2) is 16.9. The number of aromatic nitrogens is 4. The highest BCUT2D eigenvalue weighted by atomic mass is 35.5. The van der Waals surface area contributed by atoms with E-state index in [-0.39, 0.29) is 31.6 Å². The molecule has 7 rings (SSSR count). The average molecular weight is 723 g/mol. The summed E-state index contributed by atoms with van der Waals surface area (Å²) in [5.74, 6) is 0. The number of fused-ring (bicyclic) bond motifs is 1. The van der Waals surface area contributed by atoms with Crippen molar-refractivity contribution in [1.82, 2.24) is 19.5 Å². The molecule has 6 atom stereocenters. The zero-order chi connectivity index (χ0) is 35.8. The molecular formula is C41H40ClFN4O5. The van der Waals surface area contributed by atoms with Crippen LogP contribution in [0, 0.1) is 0 Å². The van der Waals surface area contributed by atoms with Crippen LogP contribution in [-0.2, 0) is 50.1 Å². The van der Waals surface area contributed by atoms with Gasteiger partial charge in [-0.25, -0.2) is 19.3 Å². The van der Waals surface area contributed by atoms with Crippen LogP contribution in [0.2, 0.25) is 5.15 Å². The summed E-state index contributed by atoms with van der Waals surface area (Å²) in [5, 5.41) is 0.144. The summed E-state index contributed by atoms with van der Waals surface area (Å²) in [6.45, 7) is 2.33. The van der Waals surface area contributed by atoms with Crippen LogP contribution >= 0.6 is 11.6 Å². The van der Waals surface area contributed by atoms with Gasteiger partial charge < -0.3 is 23.7 Å². The molecule has 9 nitrogen and oxygen atoms in total. The van der Waals surface area contributed by atoms with Crippen molar-refractivity contribution in [2.24, 2.45) is 0 Å². The van der Waals surface area contributed by atoms with Crippen molar-refractivity contribution < 1.29 is 28.1 Å². The number of halogens is 2. The van der Waals surface area contributed by atoms with Crippen molar-refractivity contribution in [3.05, 3.63) is 161 Å². The Bertz CT molecular complexity index is 1990. The molecule has 0 unspecified atom stereocenters. The molecular weight excluding hydrogens is 683 g/mol. The fourth-order valence-electron chi connectivity index (χ4n) is 6.49. The summed E-state index contributed by atoms with van der Waals surface area (Å²) in [5.41, 5.74) is 2.09. The maximum atomic E-state index is 18.3. The van der Waals surface area contributed by atoms with Crippen molar-refractivity contribution in [3.8, 4) is 0 Å². The zero-order valence-corrected chi connectivity index (χ0v) is 29.5. The predicted molar refractivity (Wildman–Crippen MR) is 195 cm³/mol. The first-order valence-electron chi connectivity index (χ1n) is 17.2. The van der Waals surface area contributed by atoms with E-state index in [1.165, 1.54) is 19.6 Å². The van der Waals surface area contributed by atoms with Gasteiger partial charge in [-0.3, -0.25) is 4.57 Å².